The molecule has 0 radical (unpaired) electrons. The van der Waals surface area contributed by atoms with Crippen LogP contribution in [0.25, 0.3) is 6.08 Å². The molecule has 2 rings (SSSR count). The van der Waals surface area contributed by atoms with E-state index in [0.717, 1.165) is 33.5 Å². The number of ether oxygens (including phenoxy) is 1. The van der Waals surface area contributed by atoms with Crippen LogP contribution < -0.4 is 5.32 Å². The van der Waals surface area contributed by atoms with Gasteiger partial charge in [-0.3, -0.25) is 4.79 Å². The number of benzene rings is 2. The highest BCUT2D eigenvalue weighted by Crippen LogP contribution is 2.22. The molecule has 0 heterocycles. The van der Waals surface area contributed by atoms with Crippen molar-refractivity contribution in [1.82, 2.24) is 0 Å². The van der Waals surface area contributed by atoms with Crippen LogP contribution in [0.1, 0.15) is 34.7 Å². The number of hydrogen-bond donors (Lipinski definition) is 1. The summed E-state index contributed by atoms with van der Waals surface area (Å²) < 4.78 is 5.20. The molecule has 0 spiro atoms. The molecular weight excluding hydrogens is 326 g/mol. The molecule has 0 bridgehead atoms. The fraction of sp³-hybridized carbons (Fsp3) is 0.273. The van der Waals surface area contributed by atoms with Gasteiger partial charge < -0.3 is 10.1 Å². The quantitative estimate of drug-likeness (QED) is 0.637. The zero-order chi connectivity index (χ0) is 19.3. The summed E-state index contributed by atoms with van der Waals surface area (Å²) in [5, 5.41) is 2.85. The lowest BCUT2D eigenvalue weighted by atomic mass is 10.0. The molecule has 0 fully saturated rings. The van der Waals surface area contributed by atoms with Crippen molar-refractivity contribution in [2.45, 2.75) is 40.7 Å². The standard InChI is InChI=1S/C22H25NO3/c1-14-7-6-8-19(13-14)9-10-20(24)26-18(5)22(25)23-21-16(3)11-15(2)12-17(21)4/h6-13,18H,1-5H3,(H,23,25)/b10-9+/t18-/m1/s1. The van der Waals surface area contributed by atoms with Gasteiger partial charge in [0.1, 0.15) is 0 Å². The topological polar surface area (TPSA) is 55.4 Å². The number of hydrogen-bond acceptors (Lipinski definition) is 3. The van der Waals surface area contributed by atoms with Crippen LogP contribution in [0.15, 0.2) is 42.5 Å². The summed E-state index contributed by atoms with van der Waals surface area (Å²) in [7, 11) is 0. The maximum Gasteiger partial charge on any atom is 0.331 e. The van der Waals surface area contributed by atoms with Crippen molar-refractivity contribution in [3.05, 3.63) is 70.3 Å². The van der Waals surface area contributed by atoms with Gasteiger partial charge in [-0.05, 0) is 57.4 Å². The SMILES string of the molecule is Cc1cccc(/C=C/C(=O)O[C@H](C)C(=O)Nc2c(C)cc(C)cc2C)c1. The van der Waals surface area contributed by atoms with Crippen molar-refractivity contribution in [1.29, 1.82) is 0 Å². The monoisotopic (exact) mass is 351 g/mol. The summed E-state index contributed by atoms with van der Waals surface area (Å²) in [5.41, 5.74) is 5.88. The minimum absolute atomic E-state index is 0.350. The van der Waals surface area contributed by atoms with E-state index in [-0.39, 0.29) is 5.91 Å². The maximum absolute atomic E-state index is 12.3. The van der Waals surface area contributed by atoms with E-state index in [0.29, 0.717) is 0 Å². The number of aryl methyl sites for hydroxylation is 4. The summed E-state index contributed by atoms with van der Waals surface area (Å²) in [6.45, 7) is 9.44. The van der Waals surface area contributed by atoms with E-state index in [9.17, 15) is 9.59 Å². The van der Waals surface area contributed by atoms with Crippen molar-refractivity contribution in [2.75, 3.05) is 5.32 Å². The molecule has 0 aliphatic heterocycles. The lowest BCUT2D eigenvalue weighted by Gasteiger charge is -2.16. The first-order valence-corrected chi connectivity index (χ1v) is 8.60. The van der Waals surface area contributed by atoms with Gasteiger partial charge in [0, 0.05) is 11.8 Å². The largest absolute Gasteiger partial charge is 0.449 e. The lowest BCUT2D eigenvalue weighted by Crippen LogP contribution is -2.30. The Morgan fingerprint density at radius 1 is 1.00 bits per heavy atom. The molecule has 0 saturated carbocycles. The Kier molecular flexibility index (Phi) is 6.34. The number of nitrogens with one attached hydrogen (secondary N) is 1. The van der Waals surface area contributed by atoms with E-state index in [4.69, 9.17) is 4.74 Å². The van der Waals surface area contributed by atoms with Gasteiger partial charge >= 0.3 is 5.97 Å². The third kappa shape index (κ3) is 5.31. The second kappa shape index (κ2) is 8.48. The highest BCUT2D eigenvalue weighted by Gasteiger charge is 2.18. The van der Waals surface area contributed by atoms with Gasteiger partial charge in [0.05, 0.1) is 0 Å². The van der Waals surface area contributed by atoms with Crippen LogP contribution in [0.5, 0.6) is 0 Å². The van der Waals surface area contributed by atoms with Gasteiger partial charge in [-0.2, -0.15) is 0 Å². The first kappa shape index (κ1) is 19.4. The number of carbonyl (C=O) groups excluding carboxylic acids is 2. The first-order chi connectivity index (χ1) is 12.3. The molecule has 2 aromatic rings. The molecule has 1 atom stereocenters. The molecule has 0 aliphatic carbocycles. The van der Waals surface area contributed by atoms with Crippen LogP contribution in [-0.4, -0.2) is 18.0 Å². The minimum Gasteiger partial charge on any atom is -0.449 e. The van der Waals surface area contributed by atoms with Gasteiger partial charge in [-0.15, -0.1) is 0 Å². The van der Waals surface area contributed by atoms with Gasteiger partial charge in [0.2, 0.25) is 0 Å². The number of carbonyl (C=O) groups is 2. The minimum atomic E-state index is -0.884. The molecule has 4 nitrogen and oxygen atoms in total. The van der Waals surface area contributed by atoms with Gasteiger partial charge in [0.15, 0.2) is 6.10 Å². The van der Waals surface area contributed by atoms with Crippen molar-refractivity contribution in [2.24, 2.45) is 0 Å². The number of amides is 1. The van der Waals surface area contributed by atoms with Crippen LogP contribution in [0.4, 0.5) is 5.69 Å². The van der Waals surface area contributed by atoms with Crippen LogP contribution in [0.2, 0.25) is 0 Å². The molecule has 0 aromatic heterocycles. The van der Waals surface area contributed by atoms with Crippen molar-refractivity contribution in [3.8, 4) is 0 Å². The van der Waals surface area contributed by atoms with E-state index in [1.807, 2.05) is 64.1 Å². The van der Waals surface area contributed by atoms with Crippen LogP contribution in [0, 0.1) is 27.7 Å². The lowest BCUT2D eigenvalue weighted by molar-refractivity contribution is -0.148. The molecule has 0 aliphatic rings. The summed E-state index contributed by atoms with van der Waals surface area (Å²) in [6.07, 6.45) is 2.12. The fourth-order valence-electron chi connectivity index (χ4n) is 2.81. The van der Waals surface area contributed by atoms with Gasteiger partial charge in [-0.25, -0.2) is 4.79 Å². The first-order valence-electron chi connectivity index (χ1n) is 8.60. The Hall–Kier alpha value is -2.88. The molecule has 0 saturated heterocycles. The predicted octanol–water partition coefficient (Wildman–Crippen LogP) is 4.50. The average Bonchev–Trinajstić information content (AvgIpc) is 2.56. The van der Waals surface area contributed by atoms with Crippen molar-refractivity contribution >= 4 is 23.6 Å². The van der Waals surface area contributed by atoms with Crippen LogP contribution >= 0.6 is 0 Å². The highest BCUT2D eigenvalue weighted by molar-refractivity contribution is 5.97. The number of esters is 1. The van der Waals surface area contributed by atoms with E-state index >= 15 is 0 Å². The molecule has 0 unspecified atom stereocenters. The van der Waals surface area contributed by atoms with E-state index in [1.165, 1.54) is 6.08 Å². The number of anilines is 1. The van der Waals surface area contributed by atoms with E-state index in [1.54, 1.807) is 13.0 Å². The Labute approximate surface area is 154 Å². The maximum atomic E-state index is 12.3. The second-order valence-corrected chi connectivity index (χ2v) is 6.59. The Bertz CT molecular complexity index is 829. The average molecular weight is 351 g/mol. The third-order valence-electron chi connectivity index (χ3n) is 4.04. The summed E-state index contributed by atoms with van der Waals surface area (Å²) >= 11 is 0. The second-order valence-electron chi connectivity index (χ2n) is 6.59. The normalized spacial score (nSPS) is 12.0. The summed E-state index contributed by atoms with van der Waals surface area (Å²) in [4.78, 5) is 24.3. The summed E-state index contributed by atoms with van der Waals surface area (Å²) in [6, 6.07) is 11.8. The van der Waals surface area contributed by atoms with E-state index in [2.05, 4.69) is 5.32 Å². The number of rotatable bonds is 5. The molecule has 1 N–H and O–H groups in total. The van der Waals surface area contributed by atoms with Crippen LogP contribution in [-0.2, 0) is 14.3 Å². The zero-order valence-electron chi connectivity index (χ0n) is 15.9. The molecular formula is C22H25NO3. The van der Waals surface area contributed by atoms with E-state index < -0.39 is 12.1 Å². The summed E-state index contributed by atoms with van der Waals surface area (Å²) in [5.74, 6) is -0.899. The van der Waals surface area contributed by atoms with Gasteiger partial charge in [-0.1, -0.05) is 47.5 Å². The third-order valence-corrected chi connectivity index (χ3v) is 4.04. The zero-order valence-corrected chi connectivity index (χ0v) is 15.9. The Morgan fingerprint density at radius 2 is 1.65 bits per heavy atom. The molecule has 1 amide bonds. The Balaban J connectivity index is 1.97. The van der Waals surface area contributed by atoms with Gasteiger partial charge in [0.25, 0.3) is 5.91 Å². The Morgan fingerprint density at radius 3 is 2.27 bits per heavy atom. The fourth-order valence-corrected chi connectivity index (χ4v) is 2.81. The van der Waals surface area contributed by atoms with Crippen LogP contribution in [0.3, 0.4) is 0 Å². The highest BCUT2D eigenvalue weighted by atomic mass is 16.5. The molecule has 4 heteroatoms. The predicted molar refractivity (Wildman–Crippen MR) is 105 cm³/mol. The molecule has 26 heavy (non-hydrogen) atoms. The van der Waals surface area contributed by atoms with Crippen molar-refractivity contribution < 1.29 is 14.3 Å². The molecule has 2 aromatic carbocycles. The smallest absolute Gasteiger partial charge is 0.331 e. The molecule has 136 valence electrons. The van der Waals surface area contributed by atoms with Crippen molar-refractivity contribution in [3.63, 3.8) is 0 Å².